The Morgan fingerprint density at radius 1 is 1.10 bits per heavy atom. The molecular formula is C20H12BrN3O4S. The first-order valence-electron chi connectivity index (χ1n) is 8.38. The number of nitro benzene ring substituents is 1. The van der Waals surface area contributed by atoms with Crippen molar-refractivity contribution in [3.63, 3.8) is 0 Å². The number of benzene rings is 2. The van der Waals surface area contributed by atoms with Gasteiger partial charge in [-0.15, -0.1) is 11.3 Å². The Hall–Kier alpha value is -3.30. The van der Waals surface area contributed by atoms with Gasteiger partial charge >= 0.3 is 0 Å². The summed E-state index contributed by atoms with van der Waals surface area (Å²) >= 11 is 4.69. The highest BCUT2D eigenvalue weighted by molar-refractivity contribution is 9.10. The standard InChI is InChI=1S/C20H12BrN3O4S/c21-13-7-5-12(6-8-13)15-11-29-20(22-15)23-19(25)18-10-9-17(28-18)14-3-1-2-4-16(14)24(26)27/h1-11H,(H,22,23,25). The van der Waals surface area contributed by atoms with Crippen LogP contribution in [0.1, 0.15) is 10.6 Å². The number of rotatable bonds is 5. The zero-order valence-electron chi connectivity index (χ0n) is 14.7. The molecule has 0 atom stereocenters. The molecule has 1 N–H and O–H groups in total. The summed E-state index contributed by atoms with van der Waals surface area (Å²) in [6, 6.07) is 16.9. The molecule has 0 saturated heterocycles. The van der Waals surface area contributed by atoms with E-state index < -0.39 is 10.8 Å². The van der Waals surface area contributed by atoms with Gasteiger partial charge in [0.05, 0.1) is 16.2 Å². The number of hydrogen-bond acceptors (Lipinski definition) is 6. The summed E-state index contributed by atoms with van der Waals surface area (Å²) < 4.78 is 6.52. The highest BCUT2D eigenvalue weighted by Crippen LogP contribution is 2.31. The molecule has 1 amide bonds. The Labute approximate surface area is 177 Å². The zero-order valence-corrected chi connectivity index (χ0v) is 17.1. The quantitative estimate of drug-likeness (QED) is 0.285. The van der Waals surface area contributed by atoms with Crippen LogP contribution < -0.4 is 5.32 Å². The fourth-order valence-electron chi connectivity index (χ4n) is 2.69. The minimum atomic E-state index is -0.489. The second kappa shape index (κ2) is 7.98. The third kappa shape index (κ3) is 4.10. The third-order valence-electron chi connectivity index (χ3n) is 4.06. The maximum atomic E-state index is 12.5. The molecule has 0 aliphatic carbocycles. The van der Waals surface area contributed by atoms with Crippen LogP contribution in [0.4, 0.5) is 10.8 Å². The van der Waals surface area contributed by atoms with E-state index in [4.69, 9.17) is 4.42 Å². The molecule has 0 saturated carbocycles. The Kier molecular flexibility index (Phi) is 5.24. The lowest BCUT2D eigenvalue weighted by Gasteiger charge is -2.00. The summed E-state index contributed by atoms with van der Waals surface area (Å²) in [5.74, 6) is -0.192. The van der Waals surface area contributed by atoms with Crippen molar-refractivity contribution in [2.75, 3.05) is 5.32 Å². The van der Waals surface area contributed by atoms with E-state index >= 15 is 0 Å². The molecule has 144 valence electrons. The van der Waals surface area contributed by atoms with Crippen molar-refractivity contribution in [3.05, 3.63) is 86.4 Å². The fourth-order valence-corrected chi connectivity index (χ4v) is 3.67. The number of para-hydroxylation sites is 1. The first-order chi connectivity index (χ1) is 14.0. The van der Waals surface area contributed by atoms with Gasteiger partial charge in [-0.2, -0.15) is 0 Å². The van der Waals surface area contributed by atoms with Gasteiger partial charge in [-0.05, 0) is 30.3 Å². The minimum absolute atomic E-state index is 0.0403. The SMILES string of the molecule is O=C(Nc1nc(-c2ccc(Br)cc2)cs1)c1ccc(-c2ccccc2[N+](=O)[O-])o1. The molecule has 0 aliphatic rings. The molecule has 0 aliphatic heterocycles. The number of nitrogens with one attached hydrogen (secondary N) is 1. The van der Waals surface area contributed by atoms with E-state index in [0.717, 1.165) is 15.7 Å². The lowest BCUT2D eigenvalue weighted by atomic mass is 10.1. The summed E-state index contributed by atoms with van der Waals surface area (Å²) in [5.41, 5.74) is 1.90. The molecule has 0 bridgehead atoms. The predicted octanol–water partition coefficient (Wildman–Crippen LogP) is 5.99. The molecule has 4 rings (SSSR count). The summed E-state index contributed by atoms with van der Waals surface area (Å²) in [5, 5.41) is 16.2. The number of halogens is 1. The highest BCUT2D eigenvalue weighted by Gasteiger charge is 2.20. The van der Waals surface area contributed by atoms with Crippen LogP contribution in [0, 0.1) is 10.1 Å². The number of carbonyl (C=O) groups excluding carboxylic acids is 1. The molecule has 0 spiro atoms. The Morgan fingerprint density at radius 2 is 1.86 bits per heavy atom. The summed E-state index contributed by atoms with van der Waals surface area (Å²) in [6.07, 6.45) is 0. The number of nitro groups is 1. The van der Waals surface area contributed by atoms with Gasteiger partial charge in [-0.3, -0.25) is 20.2 Å². The number of anilines is 1. The number of hydrogen-bond donors (Lipinski definition) is 1. The Morgan fingerprint density at radius 3 is 2.62 bits per heavy atom. The molecular weight excluding hydrogens is 458 g/mol. The maximum Gasteiger partial charge on any atom is 0.293 e. The van der Waals surface area contributed by atoms with Crippen LogP contribution in [0.15, 0.2) is 74.9 Å². The van der Waals surface area contributed by atoms with E-state index in [1.165, 1.54) is 29.5 Å². The normalized spacial score (nSPS) is 10.7. The topological polar surface area (TPSA) is 98.3 Å². The van der Waals surface area contributed by atoms with Gasteiger partial charge in [-0.25, -0.2) is 4.98 Å². The van der Waals surface area contributed by atoms with Crippen LogP contribution in [0.25, 0.3) is 22.6 Å². The van der Waals surface area contributed by atoms with Gasteiger partial charge in [0.15, 0.2) is 10.9 Å². The molecule has 0 fully saturated rings. The van der Waals surface area contributed by atoms with Crippen LogP contribution in [-0.4, -0.2) is 15.8 Å². The smallest absolute Gasteiger partial charge is 0.293 e. The third-order valence-corrected chi connectivity index (χ3v) is 5.35. The molecule has 2 aromatic heterocycles. The Balaban J connectivity index is 1.52. The van der Waals surface area contributed by atoms with E-state index in [1.807, 2.05) is 29.6 Å². The van der Waals surface area contributed by atoms with Crippen molar-refractivity contribution in [2.24, 2.45) is 0 Å². The second-order valence-electron chi connectivity index (χ2n) is 5.94. The van der Waals surface area contributed by atoms with Crippen molar-refractivity contribution in [2.45, 2.75) is 0 Å². The van der Waals surface area contributed by atoms with Crippen molar-refractivity contribution >= 4 is 44.0 Å². The second-order valence-corrected chi connectivity index (χ2v) is 7.71. The van der Waals surface area contributed by atoms with E-state index in [-0.39, 0.29) is 17.2 Å². The molecule has 9 heteroatoms. The minimum Gasteiger partial charge on any atom is -0.451 e. The average Bonchev–Trinajstić information content (AvgIpc) is 3.38. The van der Waals surface area contributed by atoms with Crippen molar-refractivity contribution in [3.8, 4) is 22.6 Å². The lowest BCUT2D eigenvalue weighted by Crippen LogP contribution is -2.10. The zero-order chi connectivity index (χ0) is 20.4. The van der Waals surface area contributed by atoms with Gasteiger partial charge in [0.1, 0.15) is 5.76 Å². The van der Waals surface area contributed by atoms with Crippen LogP contribution in [-0.2, 0) is 0 Å². The average molecular weight is 470 g/mol. The van der Waals surface area contributed by atoms with E-state index in [2.05, 4.69) is 26.2 Å². The number of carbonyl (C=O) groups is 1. The first-order valence-corrected chi connectivity index (χ1v) is 10.0. The number of amides is 1. The van der Waals surface area contributed by atoms with E-state index in [0.29, 0.717) is 10.7 Å². The molecule has 29 heavy (non-hydrogen) atoms. The van der Waals surface area contributed by atoms with Gasteiger partial charge < -0.3 is 4.42 Å². The number of thiazole rings is 1. The van der Waals surface area contributed by atoms with E-state index in [1.54, 1.807) is 18.2 Å². The van der Waals surface area contributed by atoms with Crippen molar-refractivity contribution in [1.29, 1.82) is 0 Å². The number of furan rings is 1. The van der Waals surface area contributed by atoms with Gasteiger partial charge in [-0.1, -0.05) is 40.2 Å². The van der Waals surface area contributed by atoms with Gasteiger partial charge in [0.2, 0.25) is 0 Å². The van der Waals surface area contributed by atoms with Crippen molar-refractivity contribution in [1.82, 2.24) is 4.98 Å². The van der Waals surface area contributed by atoms with Crippen LogP contribution in [0.2, 0.25) is 0 Å². The predicted molar refractivity (Wildman–Crippen MR) is 114 cm³/mol. The lowest BCUT2D eigenvalue weighted by molar-refractivity contribution is -0.384. The Bertz CT molecular complexity index is 1200. The monoisotopic (exact) mass is 469 g/mol. The van der Waals surface area contributed by atoms with Crippen LogP contribution >= 0.6 is 27.3 Å². The summed E-state index contributed by atoms with van der Waals surface area (Å²) in [4.78, 5) is 27.6. The molecule has 0 unspecified atom stereocenters. The number of nitrogens with zero attached hydrogens (tertiary/aromatic N) is 2. The van der Waals surface area contributed by atoms with E-state index in [9.17, 15) is 14.9 Å². The molecule has 2 heterocycles. The van der Waals surface area contributed by atoms with Crippen LogP contribution in [0.5, 0.6) is 0 Å². The fraction of sp³-hybridized carbons (Fsp3) is 0. The van der Waals surface area contributed by atoms with Crippen LogP contribution in [0.3, 0.4) is 0 Å². The highest BCUT2D eigenvalue weighted by atomic mass is 79.9. The van der Waals surface area contributed by atoms with Gasteiger partial charge in [0, 0.05) is 21.5 Å². The molecule has 2 aromatic carbocycles. The first kappa shape index (κ1) is 19.0. The summed E-state index contributed by atoms with van der Waals surface area (Å²) in [6.45, 7) is 0. The largest absolute Gasteiger partial charge is 0.451 e. The summed E-state index contributed by atoms with van der Waals surface area (Å²) in [7, 11) is 0. The molecule has 4 aromatic rings. The molecule has 7 nitrogen and oxygen atoms in total. The maximum absolute atomic E-state index is 12.5. The molecule has 0 radical (unpaired) electrons. The number of aromatic nitrogens is 1. The van der Waals surface area contributed by atoms with Gasteiger partial charge in [0.25, 0.3) is 11.6 Å². The van der Waals surface area contributed by atoms with Crippen molar-refractivity contribution < 1.29 is 14.1 Å².